The molecule has 11 atom stereocenters. The van der Waals surface area contributed by atoms with Crippen LogP contribution >= 0.6 is 0 Å². The molecule has 0 aromatic heterocycles. The molecule has 0 aromatic rings. The number of rotatable bonds is 44. The fraction of sp³-hybridized carbons (Fsp3) is 0.873. The lowest BCUT2D eigenvalue weighted by atomic mass is 9.98. The number of carbonyl (C=O) groups excluding carboxylic acids is 1. The molecule has 0 radical (unpaired) electrons. The van der Waals surface area contributed by atoms with Gasteiger partial charge < -0.3 is 64.2 Å². The van der Waals surface area contributed by atoms with E-state index in [2.05, 4.69) is 50.3 Å². The normalized spacial score (nSPS) is 25.9. The van der Waals surface area contributed by atoms with E-state index >= 15 is 0 Å². The van der Waals surface area contributed by atoms with E-state index in [-0.39, 0.29) is 25.6 Å². The Balaban J connectivity index is 1.75. The minimum atomic E-state index is -1.71. The molecule has 404 valence electrons. The van der Waals surface area contributed by atoms with Crippen LogP contribution in [0.3, 0.4) is 0 Å². The van der Waals surface area contributed by atoms with Crippen molar-refractivity contribution < 1.29 is 69.0 Å². The van der Waals surface area contributed by atoms with Crippen molar-refractivity contribution in [2.24, 2.45) is 0 Å². The second-order valence-electron chi connectivity index (χ2n) is 19.4. The summed E-state index contributed by atoms with van der Waals surface area (Å²) in [5, 5.41) is 72.2. The fourth-order valence-corrected chi connectivity index (χ4v) is 8.60. The molecule has 2 saturated heterocycles. The molecule has 0 amide bonds. The molecule has 0 aromatic carbocycles. The van der Waals surface area contributed by atoms with E-state index in [0.717, 1.165) is 64.2 Å². The van der Waals surface area contributed by atoms with Crippen LogP contribution in [0, 0.1) is 0 Å². The number of aliphatic hydroxyl groups excluding tert-OH is 7. The number of ether oxygens (including phenoxy) is 6. The van der Waals surface area contributed by atoms with Gasteiger partial charge in [-0.3, -0.25) is 4.79 Å². The highest BCUT2D eigenvalue weighted by atomic mass is 16.7. The third kappa shape index (κ3) is 30.1. The van der Waals surface area contributed by atoms with Crippen molar-refractivity contribution in [3.63, 3.8) is 0 Å². The smallest absolute Gasteiger partial charge is 0.306 e. The van der Waals surface area contributed by atoms with E-state index in [0.29, 0.717) is 13.0 Å². The Morgan fingerprint density at radius 3 is 1.42 bits per heavy atom. The molecule has 69 heavy (non-hydrogen) atoms. The first-order chi connectivity index (χ1) is 33.6. The molecule has 0 aliphatic carbocycles. The Kier molecular flexibility index (Phi) is 39.2. The molecular formula is C55H100O14. The first-order valence-electron chi connectivity index (χ1n) is 27.6. The van der Waals surface area contributed by atoms with Crippen molar-refractivity contribution in [3.05, 3.63) is 36.5 Å². The first-order valence-corrected chi connectivity index (χ1v) is 27.6. The third-order valence-corrected chi connectivity index (χ3v) is 13.1. The van der Waals surface area contributed by atoms with Crippen LogP contribution in [-0.4, -0.2) is 142 Å². The molecule has 11 unspecified atom stereocenters. The predicted octanol–water partition coefficient (Wildman–Crippen LogP) is 8.97. The monoisotopic (exact) mass is 985 g/mol. The number of unbranched alkanes of at least 4 members (excludes halogenated alkanes) is 24. The number of hydrogen-bond acceptors (Lipinski definition) is 14. The highest BCUT2D eigenvalue weighted by Crippen LogP contribution is 2.26. The Morgan fingerprint density at radius 2 is 0.899 bits per heavy atom. The van der Waals surface area contributed by atoms with Crippen LogP contribution in [0.4, 0.5) is 0 Å². The highest BCUT2D eigenvalue weighted by Gasteiger charge is 2.47. The Bertz CT molecular complexity index is 1280. The first kappa shape index (κ1) is 63.3. The van der Waals surface area contributed by atoms with Gasteiger partial charge in [-0.05, 0) is 70.6 Å². The largest absolute Gasteiger partial charge is 0.457 e. The van der Waals surface area contributed by atoms with E-state index in [1.54, 1.807) is 0 Å². The Morgan fingerprint density at radius 1 is 0.478 bits per heavy atom. The van der Waals surface area contributed by atoms with Gasteiger partial charge in [0.05, 0.1) is 26.4 Å². The zero-order chi connectivity index (χ0) is 50.2. The minimum absolute atomic E-state index is 0.0536. The predicted molar refractivity (Wildman–Crippen MR) is 270 cm³/mol. The Labute approximate surface area is 417 Å². The van der Waals surface area contributed by atoms with Crippen LogP contribution in [0.15, 0.2) is 36.5 Å². The number of carbonyl (C=O) groups is 1. The van der Waals surface area contributed by atoms with Gasteiger partial charge in [0.25, 0.3) is 0 Å². The van der Waals surface area contributed by atoms with E-state index < -0.39 is 80.7 Å². The van der Waals surface area contributed by atoms with Gasteiger partial charge in [0, 0.05) is 13.0 Å². The van der Waals surface area contributed by atoms with Crippen LogP contribution in [0.2, 0.25) is 0 Å². The topological polar surface area (TPSA) is 214 Å². The maximum atomic E-state index is 13.0. The Hall–Kier alpha value is -1.79. The summed E-state index contributed by atoms with van der Waals surface area (Å²) in [7, 11) is 0. The molecule has 2 aliphatic rings. The van der Waals surface area contributed by atoms with Crippen molar-refractivity contribution in [2.75, 3.05) is 33.0 Å². The minimum Gasteiger partial charge on any atom is -0.457 e. The summed E-state index contributed by atoms with van der Waals surface area (Å²) in [5.74, 6) is -0.383. The molecule has 2 heterocycles. The van der Waals surface area contributed by atoms with Crippen LogP contribution in [0.1, 0.15) is 206 Å². The van der Waals surface area contributed by atoms with Gasteiger partial charge in [0.2, 0.25) is 0 Å². The molecule has 0 spiro atoms. The third-order valence-electron chi connectivity index (χ3n) is 13.1. The fourth-order valence-electron chi connectivity index (χ4n) is 8.60. The molecule has 2 aliphatic heterocycles. The van der Waals surface area contributed by atoms with Gasteiger partial charge in [-0.1, -0.05) is 166 Å². The van der Waals surface area contributed by atoms with Crippen LogP contribution in [0.5, 0.6) is 0 Å². The van der Waals surface area contributed by atoms with Gasteiger partial charge in [-0.25, -0.2) is 0 Å². The zero-order valence-corrected chi connectivity index (χ0v) is 43.1. The summed E-state index contributed by atoms with van der Waals surface area (Å²) in [6, 6.07) is 0. The highest BCUT2D eigenvalue weighted by molar-refractivity contribution is 5.69. The molecule has 2 fully saturated rings. The number of aliphatic hydroxyl groups is 7. The lowest BCUT2D eigenvalue weighted by molar-refractivity contribution is -0.332. The van der Waals surface area contributed by atoms with Crippen LogP contribution < -0.4 is 0 Å². The van der Waals surface area contributed by atoms with Gasteiger partial charge in [-0.2, -0.15) is 0 Å². The number of hydrogen-bond donors (Lipinski definition) is 7. The van der Waals surface area contributed by atoms with Gasteiger partial charge in [0.15, 0.2) is 12.6 Å². The average molecular weight is 985 g/mol. The quantitative estimate of drug-likeness (QED) is 0.0173. The molecule has 14 heteroatoms. The van der Waals surface area contributed by atoms with Gasteiger partial charge in [-0.15, -0.1) is 0 Å². The second-order valence-corrected chi connectivity index (χ2v) is 19.4. The number of esters is 1. The lowest BCUT2D eigenvalue weighted by Gasteiger charge is -2.42. The molecular weight excluding hydrogens is 885 g/mol. The number of allylic oxidation sites excluding steroid dienone is 6. The van der Waals surface area contributed by atoms with Gasteiger partial charge >= 0.3 is 5.97 Å². The van der Waals surface area contributed by atoms with Crippen molar-refractivity contribution in [3.8, 4) is 0 Å². The van der Waals surface area contributed by atoms with Crippen molar-refractivity contribution in [1.29, 1.82) is 0 Å². The summed E-state index contributed by atoms with van der Waals surface area (Å²) in [5.41, 5.74) is 0. The standard InChI is InChI=1S/C55H100O14/c1-3-5-7-9-11-13-15-17-19-21-22-24-26-28-30-32-34-36-38-47(57)67-44(41-64-39-37-35-33-31-29-27-25-23-20-18-16-14-12-10-8-6-4-2)42-65-54-53(63)51(61)49(59)46(69-54)43-66-55-52(62)50(60)48(58)45(40-56)68-55/h14,16,19-21,23,44-46,48-56,58-63H,3-13,15,17-18,22,24-43H2,1-2H3/b16-14-,21-19-,23-20-. The van der Waals surface area contributed by atoms with E-state index in [1.807, 2.05) is 0 Å². The van der Waals surface area contributed by atoms with Crippen molar-refractivity contribution >= 4 is 5.97 Å². The van der Waals surface area contributed by atoms with E-state index in [1.165, 1.54) is 116 Å². The molecule has 7 N–H and O–H groups in total. The zero-order valence-electron chi connectivity index (χ0n) is 43.1. The maximum Gasteiger partial charge on any atom is 0.306 e. The molecule has 2 rings (SSSR count). The van der Waals surface area contributed by atoms with E-state index in [9.17, 15) is 40.5 Å². The van der Waals surface area contributed by atoms with Crippen LogP contribution in [-0.2, 0) is 33.2 Å². The summed E-state index contributed by atoms with van der Waals surface area (Å²) >= 11 is 0. The van der Waals surface area contributed by atoms with E-state index in [4.69, 9.17) is 28.4 Å². The molecule has 0 bridgehead atoms. The SMILES string of the molecule is CCCCCC/C=C\C/C=C\CCCCCCCCOCC(COC1OC(COC2OC(CO)C(O)C(O)C2O)C(O)C(O)C1O)OC(=O)CCCCCCCCC/C=C\CCCCCCCCC. The van der Waals surface area contributed by atoms with Crippen molar-refractivity contribution in [2.45, 2.75) is 274 Å². The lowest BCUT2D eigenvalue weighted by Crippen LogP contribution is -2.61. The molecule has 0 saturated carbocycles. The second kappa shape index (κ2) is 42.7. The summed E-state index contributed by atoms with van der Waals surface area (Å²) in [6.07, 6.45) is 32.0. The summed E-state index contributed by atoms with van der Waals surface area (Å²) in [4.78, 5) is 13.0. The summed E-state index contributed by atoms with van der Waals surface area (Å²) in [6.45, 7) is 3.66. The summed E-state index contributed by atoms with van der Waals surface area (Å²) < 4.78 is 34.3. The van der Waals surface area contributed by atoms with Gasteiger partial charge in [0.1, 0.15) is 54.9 Å². The van der Waals surface area contributed by atoms with Crippen LogP contribution in [0.25, 0.3) is 0 Å². The van der Waals surface area contributed by atoms with Crippen molar-refractivity contribution in [1.82, 2.24) is 0 Å². The average Bonchev–Trinajstić information content (AvgIpc) is 3.35. The maximum absolute atomic E-state index is 13.0. The molecule has 14 nitrogen and oxygen atoms in total.